The number of fused-ring (bicyclic) bond motifs is 1. The number of aromatic nitrogens is 1. The molecule has 0 aliphatic heterocycles. The second-order valence-corrected chi connectivity index (χ2v) is 6.29. The molecule has 0 atom stereocenters. The van der Waals surface area contributed by atoms with Crippen molar-refractivity contribution in [3.05, 3.63) is 54.7 Å². The molecule has 3 aromatic rings. The maximum absolute atomic E-state index is 11.0. The summed E-state index contributed by atoms with van der Waals surface area (Å²) in [4.78, 5) is 14.3. The summed E-state index contributed by atoms with van der Waals surface area (Å²) in [7, 11) is 0. The molecule has 3 rings (SSSR count). The summed E-state index contributed by atoms with van der Waals surface area (Å²) in [6.07, 6.45) is 5.30. The molecule has 0 saturated heterocycles. The molecule has 0 radical (unpaired) electrons. The number of carbonyl (C=O) groups excluding carboxylic acids is 1. The zero-order valence-electron chi connectivity index (χ0n) is 14.3. The first-order valence-electron chi connectivity index (χ1n) is 8.80. The van der Waals surface area contributed by atoms with Gasteiger partial charge in [0, 0.05) is 30.4 Å². The summed E-state index contributed by atoms with van der Waals surface area (Å²) in [6, 6.07) is 17.0. The highest BCUT2D eigenvalue weighted by atomic mass is 16.3. The number of aliphatic hydroxyl groups is 1. The molecule has 0 unspecified atom stereocenters. The van der Waals surface area contributed by atoms with Gasteiger partial charge in [-0.1, -0.05) is 30.7 Å². The van der Waals surface area contributed by atoms with E-state index in [2.05, 4.69) is 58.8 Å². The van der Waals surface area contributed by atoms with Crippen molar-refractivity contribution in [2.45, 2.75) is 25.7 Å². The van der Waals surface area contributed by atoms with E-state index in [0.717, 1.165) is 37.0 Å². The third-order valence-corrected chi connectivity index (χ3v) is 4.41. The van der Waals surface area contributed by atoms with Crippen LogP contribution < -0.4 is 5.32 Å². The van der Waals surface area contributed by atoms with E-state index in [1.807, 2.05) is 6.20 Å². The van der Waals surface area contributed by atoms with E-state index in [4.69, 9.17) is 5.11 Å². The van der Waals surface area contributed by atoms with Gasteiger partial charge in [0.2, 0.25) is 0 Å². The van der Waals surface area contributed by atoms with Gasteiger partial charge in [-0.15, -0.1) is 0 Å². The molecule has 0 fully saturated rings. The van der Waals surface area contributed by atoms with Crippen molar-refractivity contribution in [1.82, 2.24) is 4.98 Å². The quantitative estimate of drug-likeness (QED) is 0.508. The molecule has 1 heterocycles. The highest BCUT2D eigenvalue weighted by Crippen LogP contribution is 2.25. The number of nitrogens with one attached hydrogen (secondary N) is 2. The van der Waals surface area contributed by atoms with Crippen LogP contribution in [0.4, 0.5) is 5.69 Å². The lowest BCUT2D eigenvalue weighted by molar-refractivity contribution is -0.121. The van der Waals surface area contributed by atoms with Gasteiger partial charge >= 0.3 is 0 Å². The number of H-pyrrole nitrogens is 1. The van der Waals surface area contributed by atoms with Crippen molar-refractivity contribution in [3.8, 4) is 11.1 Å². The minimum atomic E-state index is -0.332. The molecule has 1 aromatic heterocycles. The lowest BCUT2D eigenvalue weighted by Crippen LogP contribution is -2.04. The van der Waals surface area contributed by atoms with Crippen LogP contribution in [-0.2, 0) is 4.79 Å². The Balaban J connectivity index is 1.48. The molecule has 0 amide bonds. The Labute approximate surface area is 147 Å². The van der Waals surface area contributed by atoms with Crippen molar-refractivity contribution in [3.63, 3.8) is 0 Å². The molecule has 0 spiro atoms. The molecule has 4 nitrogen and oxygen atoms in total. The van der Waals surface area contributed by atoms with Gasteiger partial charge in [0.1, 0.15) is 6.61 Å². The Morgan fingerprint density at radius 1 is 0.960 bits per heavy atom. The lowest BCUT2D eigenvalue weighted by Gasteiger charge is -2.08. The number of ketones is 1. The molecule has 25 heavy (non-hydrogen) atoms. The van der Waals surface area contributed by atoms with Crippen LogP contribution in [0, 0.1) is 0 Å². The normalized spacial score (nSPS) is 10.9. The Morgan fingerprint density at radius 2 is 1.76 bits per heavy atom. The largest absolute Gasteiger partial charge is 0.389 e. The first-order valence-corrected chi connectivity index (χ1v) is 8.80. The minimum absolute atomic E-state index is 0.0684. The molecule has 0 bridgehead atoms. The number of hydrogen-bond donors (Lipinski definition) is 3. The fraction of sp³-hybridized carbons (Fsp3) is 0.286. The number of unbranched alkanes of at least 4 members (excludes halogenated alkanes) is 2. The second-order valence-electron chi connectivity index (χ2n) is 6.29. The zero-order chi connectivity index (χ0) is 17.5. The molecule has 130 valence electrons. The summed E-state index contributed by atoms with van der Waals surface area (Å²) in [5, 5.41) is 13.3. The number of rotatable bonds is 9. The van der Waals surface area contributed by atoms with Gasteiger partial charge in [0.15, 0.2) is 5.78 Å². The highest BCUT2D eigenvalue weighted by Gasteiger charge is 2.01. The van der Waals surface area contributed by atoms with Gasteiger partial charge < -0.3 is 15.4 Å². The summed E-state index contributed by atoms with van der Waals surface area (Å²) < 4.78 is 0. The third-order valence-electron chi connectivity index (χ3n) is 4.41. The van der Waals surface area contributed by atoms with E-state index in [1.54, 1.807) is 0 Å². The van der Waals surface area contributed by atoms with Crippen LogP contribution in [0.3, 0.4) is 0 Å². The van der Waals surface area contributed by atoms with Gasteiger partial charge in [-0.05, 0) is 53.6 Å². The minimum Gasteiger partial charge on any atom is -0.389 e. The number of Topliss-reactive ketones (excluding diaryl/α,β-unsaturated/α-hetero) is 1. The van der Waals surface area contributed by atoms with E-state index in [9.17, 15) is 4.79 Å². The number of aliphatic hydroxyl groups excluding tert-OH is 1. The fourth-order valence-corrected chi connectivity index (χ4v) is 2.94. The maximum atomic E-state index is 11.0. The molecular weight excluding hydrogens is 312 g/mol. The van der Waals surface area contributed by atoms with Gasteiger partial charge in [0.05, 0.1) is 0 Å². The van der Waals surface area contributed by atoms with Crippen molar-refractivity contribution in [2.24, 2.45) is 0 Å². The van der Waals surface area contributed by atoms with Gasteiger partial charge in [-0.25, -0.2) is 0 Å². The Hall–Kier alpha value is -2.59. The molecule has 2 aromatic carbocycles. The van der Waals surface area contributed by atoms with Gasteiger partial charge in [-0.2, -0.15) is 0 Å². The molecule has 0 aliphatic carbocycles. The molecule has 0 aliphatic rings. The van der Waals surface area contributed by atoms with Crippen LogP contribution >= 0.6 is 0 Å². The SMILES string of the molecule is O=C(CO)CCCCCNc1ccc(-c2ccc3cc[nH]c3c2)cc1. The van der Waals surface area contributed by atoms with E-state index >= 15 is 0 Å². The Kier molecular flexibility index (Phi) is 5.86. The van der Waals surface area contributed by atoms with E-state index in [-0.39, 0.29) is 12.4 Å². The number of aromatic amines is 1. The van der Waals surface area contributed by atoms with E-state index < -0.39 is 0 Å². The smallest absolute Gasteiger partial charge is 0.158 e. The van der Waals surface area contributed by atoms with E-state index in [1.165, 1.54) is 16.5 Å². The average Bonchev–Trinajstić information content (AvgIpc) is 3.12. The lowest BCUT2D eigenvalue weighted by atomic mass is 10.0. The van der Waals surface area contributed by atoms with Crippen molar-refractivity contribution < 1.29 is 9.90 Å². The number of anilines is 1. The average molecular weight is 336 g/mol. The predicted octanol–water partition coefficient (Wildman–Crippen LogP) is 4.37. The van der Waals surface area contributed by atoms with Crippen LogP contribution in [0.25, 0.3) is 22.0 Å². The van der Waals surface area contributed by atoms with Gasteiger partial charge in [0.25, 0.3) is 0 Å². The number of hydrogen-bond acceptors (Lipinski definition) is 3. The fourth-order valence-electron chi connectivity index (χ4n) is 2.94. The standard InChI is InChI=1S/C21H24N2O2/c24-15-20(25)4-2-1-3-12-22-19-9-7-16(8-10-19)18-6-5-17-11-13-23-21(17)14-18/h5-11,13-14,22-24H,1-4,12,15H2. The third kappa shape index (κ3) is 4.70. The number of carbonyl (C=O) groups is 1. The maximum Gasteiger partial charge on any atom is 0.158 e. The predicted molar refractivity (Wildman–Crippen MR) is 103 cm³/mol. The van der Waals surface area contributed by atoms with E-state index in [0.29, 0.717) is 6.42 Å². The van der Waals surface area contributed by atoms with Crippen LogP contribution in [0.1, 0.15) is 25.7 Å². The molecular formula is C21H24N2O2. The molecule has 0 saturated carbocycles. The van der Waals surface area contributed by atoms with Crippen LogP contribution in [-0.4, -0.2) is 29.0 Å². The summed E-state index contributed by atoms with van der Waals surface area (Å²) in [5.41, 5.74) is 4.66. The molecule has 4 heteroatoms. The van der Waals surface area contributed by atoms with Crippen molar-refractivity contribution in [1.29, 1.82) is 0 Å². The molecule has 3 N–H and O–H groups in total. The zero-order valence-corrected chi connectivity index (χ0v) is 14.3. The summed E-state index contributed by atoms with van der Waals surface area (Å²) in [5.74, 6) is -0.0684. The highest BCUT2D eigenvalue weighted by molar-refractivity contribution is 5.85. The Bertz CT molecular complexity index is 821. The number of benzene rings is 2. The Morgan fingerprint density at radius 3 is 2.56 bits per heavy atom. The second kappa shape index (κ2) is 8.49. The first-order chi connectivity index (χ1) is 12.3. The summed E-state index contributed by atoms with van der Waals surface area (Å²) >= 11 is 0. The van der Waals surface area contributed by atoms with Crippen LogP contribution in [0.5, 0.6) is 0 Å². The first kappa shape index (κ1) is 17.2. The van der Waals surface area contributed by atoms with Crippen molar-refractivity contribution in [2.75, 3.05) is 18.5 Å². The monoisotopic (exact) mass is 336 g/mol. The van der Waals surface area contributed by atoms with Crippen LogP contribution in [0.2, 0.25) is 0 Å². The van der Waals surface area contributed by atoms with Crippen LogP contribution in [0.15, 0.2) is 54.7 Å². The van der Waals surface area contributed by atoms with Crippen molar-refractivity contribution >= 4 is 22.4 Å². The summed E-state index contributed by atoms with van der Waals surface area (Å²) in [6.45, 7) is 0.558. The van der Waals surface area contributed by atoms with Gasteiger partial charge in [-0.3, -0.25) is 4.79 Å². The topological polar surface area (TPSA) is 65.1 Å².